The maximum Gasteiger partial charge on any atom is 0.511 e. The number of rotatable bonds is 6. The number of carbonyl (C=O) groups is 1. The van der Waals surface area contributed by atoms with E-state index in [0.717, 1.165) is 5.01 Å². The van der Waals surface area contributed by atoms with E-state index in [1.165, 1.54) is 10.9 Å². The largest absolute Gasteiger partial charge is 0.511 e. The molecule has 1 saturated heterocycles. The molecule has 0 aliphatic carbocycles. The van der Waals surface area contributed by atoms with Gasteiger partial charge in [0, 0.05) is 19.3 Å². The van der Waals surface area contributed by atoms with Crippen LogP contribution in [0.25, 0.3) is 0 Å². The van der Waals surface area contributed by atoms with Gasteiger partial charge >= 0.3 is 15.5 Å². The maximum atomic E-state index is 12.9. The molecule has 2 heterocycles. The van der Waals surface area contributed by atoms with Gasteiger partial charge in [-0.25, -0.2) is 14.3 Å². The van der Waals surface area contributed by atoms with Gasteiger partial charge in [0.15, 0.2) is 5.82 Å². The molecule has 32 heavy (non-hydrogen) atoms. The van der Waals surface area contributed by atoms with Crippen LogP contribution in [0.15, 0.2) is 36.5 Å². The second kappa shape index (κ2) is 8.41. The van der Waals surface area contributed by atoms with Gasteiger partial charge in [-0.2, -0.15) is 27.8 Å². The number of hydrazine groups is 1. The highest BCUT2D eigenvalue weighted by Gasteiger charge is 2.52. The predicted octanol–water partition coefficient (Wildman–Crippen LogP) is 1.55. The topological polar surface area (TPSA) is 151 Å². The summed E-state index contributed by atoms with van der Waals surface area (Å²) in [6.07, 6.45) is 0.837. The van der Waals surface area contributed by atoms with Crippen molar-refractivity contribution in [3.05, 3.63) is 42.1 Å². The molecule has 0 radical (unpaired) electrons. The van der Waals surface area contributed by atoms with E-state index in [9.17, 15) is 31.6 Å². The molecule has 1 aromatic heterocycles. The summed E-state index contributed by atoms with van der Waals surface area (Å²) in [4.78, 5) is 12.0. The van der Waals surface area contributed by atoms with Gasteiger partial charge in [0.25, 0.3) is 5.91 Å². The number of halogens is 3. The van der Waals surface area contributed by atoms with Crippen LogP contribution in [-0.2, 0) is 15.6 Å². The number of nitriles is 1. The molecule has 0 bridgehead atoms. The second-order valence-corrected chi connectivity index (χ2v) is 9.22. The molecular weight excluding hydrogens is 451 g/mol. The highest BCUT2D eigenvalue weighted by atomic mass is 32.2. The molecular formula is C18H20F3N7O3S. The number of anilines is 2. The van der Waals surface area contributed by atoms with Crippen LogP contribution < -0.4 is 16.6 Å². The summed E-state index contributed by atoms with van der Waals surface area (Å²) in [5.41, 5.74) is -0.671. The van der Waals surface area contributed by atoms with Crippen LogP contribution in [-0.4, -0.2) is 47.0 Å². The van der Waals surface area contributed by atoms with Crippen molar-refractivity contribution in [3.8, 4) is 6.07 Å². The minimum atomic E-state index is -5.49. The molecule has 2 aromatic rings. The van der Waals surface area contributed by atoms with Crippen molar-refractivity contribution in [1.29, 1.82) is 5.26 Å². The van der Waals surface area contributed by atoms with Gasteiger partial charge in [-0.1, -0.05) is 18.2 Å². The molecule has 14 heteroatoms. The molecule has 1 aliphatic rings. The Kier molecular flexibility index (Phi) is 6.18. The van der Waals surface area contributed by atoms with Crippen molar-refractivity contribution in [2.75, 3.05) is 18.1 Å². The van der Waals surface area contributed by atoms with E-state index in [0.29, 0.717) is 9.99 Å². The average molecular weight is 471 g/mol. The molecule has 1 fully saturated rings. The third-order valence-corrected chi connectivity index (χ3v) is 7.03. The Morgan fingerprint density at radius 1 is 1.25 bits per heavy atom. The van der Waals surface area contributed by atoms with Gasteiger partial charge in [0.1, 0.15) is 5.56 Å². The average Bonchev–Trinajstić information content (AvgIpc) is 3.20. The van der Waals surface area contributed by atoms with Crippen molar-refractivity contribution >= 4 is 27.4 Å². The summed E-state index contributed by atoms with van der Waals surface area (Å²) in [5.74, 6) is 5.26. The van der Waals surface area contributed by atoms with E-state index in [-0.39, 0.29) is 30.6 Å². The molecule has 0 unspecified atom stereocenters. The SMILES string of the molecule is N#CCC1(n2cc(C(N)=O)c(N(N)c3ccccc3)n2)CCN(S(=O)(=O)C(F)(F)F)CC1. The summed E-state index contributed by atoms with van der Waals surface area (Å²) in [7, 11) is -5.49. The van der Waals surface area contributed by atoms with E-state index < -0.39 is 40.1 Å². The molecule has 0 atom stereocenters. The van der Waals surface area contributed by atoms with Crippen molar-refractivity contribution in [2.24, 2.45) is 11.6 Å². The molecule has 3 rings (SSSR count). The fraction of sp³-hybridized carbons (Fsp3) is 0.389. The number of para-hydroxylation sites is 1. The second-order valence-electron chi connectivity index (χ2n) is 7.29. The summed E-state index contributed by atoms with van der Waals surface area (Å²) < 4.78 is 63.8. The van der Waals surface area contributed by atoms with Gasteiger partial charge in [0.05, 0.1) is 23.7 Å². The molecule has 10 nitrogen and oxygen atoms in total. The molecule has 1 aliphatic heterocycles. The normalized spacial score (nSPS) is 17.0. The Balaban J connectivity index is 1.98. The Morgan fingerprint density at radius 2 is 1.84 bits per heavy atom. The molecule has 0 saturated carbocycles. The van der Waals surface area contributed by atoms with Crippen LogP contribution in [0, 0.1) is 11.3 Å². The first-order valence-electron chi connectivity index (χ1n) is 9.36. The Hall–Kier alpha value is -3.15. The zero-order valence-electron chi connectivity index (χ0n) is 16.7. The number of amides is 1. The number of hydrogen-bond acceptors (Lipinski definition) is 7. The lowest BCUT2D eigenvalue weighted by Crippen LogP contribution is -2.51. The first-order chi connectivity index (χ1) is 14.9. The Bertz CT molecular complexity index is 1130. The van der Waals surface area contributed by atoms with E-state index in [4.69, 9.17) is 11.6 Å². The van der Waals surface area contributed by atoms with Gasteiger partial charge < -0.3 is 5.73 Å². The smallest absolute Gasteiger partial charge is 0.365 e. The molecule has 172 valence electrons. The summed E-state index contributed by atoms with van der Waals surface area (Å²) in [5, 5.41) is 14.8. The highest BCUT2D eigenvalue weighted by molar-refractivity contribution is 7.90. The summed E-state index contributed by atoms with van der Waals surface area (Å²) in [6, 6.07) is 10.5. The van der Waals surface area contributed by atoms with Crippen molar-refractivity contribution < 1.29 is 26.4 Å². The fourth-order valence-corrected chi connectivity index (χ4v) is 4.55. The van der Waals surface area contributed by atoms with E-state index in [2.05, 4.69) is 5.10 Å². The van der Waals surface area contributed by atoms with Crippen molar-refractivity contribution in [1.82, 2.24) is 14.1 Å². The van der Waals surface area contributed by atoms with Crippen LogP contribution in [0.2, 0.25) is 0 Å². The molecule has 1 aromatic carbocycles. The van der Waals surface area contributed by atoms with E-state index in [1.807, 2.05) is 6.07 Å². The van der Waals surface area contributed by atoms with Crippen LogP contribution in [0.4, 0.5) is 24.7 Å². The fourth-order valence-electron chi connectivity index (χ4n) is 3.59. The van der Waals surface area contributed by atoms with E-state index in [1.54, 1.807) is 30.3 Å². The number of piperidine rings is 1. The monoisotopic (exact) mass is 471 g/mol. The number of nitrogens with zero attached hydrogens (tertiary/aromatic N) is 5. The third-order valence-electron chi connectivity index (χ3n) is 5.40. The first kappa shape index (κ1) is 23.5. The predicted molar refractivity (Wildman–Crippen MR) is 107 cm³/mol. The number of alkyl halides is 3. The number of aromatic nitrogens is 2. The van der Waals surface area contributed by atoms with Crippen molar-refractivity contribution in [2.45, 2.75) is 30.3 Å². The van der Waals surface area contributed by atoms with Crippen LogP contribution >= 0.6 is 0 Å². The van der Waals surface area contributed by atoms with Gasteiger partial charge in [-0.05, 0) is 25.0 Å². The van der Waals surface area contributed by atoms with Crippen LogP contribution in [0.3, 0.4) is 0 Å². The number of sulfonamides is 1. The van der Waals surface area contributed by atoms with Crippen molar-refractivity contribution in [3.63, 3.8) is 0 Å². The van der Waals surface area contributed by atoms with Gasteiger partial charge in [-0.3, -0.25) is 14.5 Å². The van der Waals surface area contributed by atoms with Gasteiger partial charge in [0.2, 0.25) is 0 Å². The zero-order valence-corrected chi connectivity index (χ0v) is 17.5. The zero-order chi connectivity index (χ0) is 23.7. The Labute approximate surface area is 181 Å². The maximum absolute atomic E-state index is 12.9. The minimum absolute atomic E-state index is 0.00800. The van der Waals surface area contributed by atoms with Crippen LogP contribution in [0.5, 0.6) is 0 Å². The standard InChI is InChI=1S/C18H20F3N7O3S/c19-18(20,21)32(30,31)26-10-7-17(6-9-22,8-11-26)27-12-14(15(23)29)16(25-27)28(24)13-4-2-1-3-5-13/h1-5,12H,6-8,10-11,24H2,(H2,23,29). The quantitative estimate of drug-likeness (QED) is 0.479. The van der Waals surface area contributed by atoms with Gasteiger partial charge in [-0.15, -0.1) is 0 Å². The number of nitrogens with two attached hydrogens (primary N) is 2. The Morgan fingerprint density at radius 3 is 2.34 bits per heavy atom. The highest BCUT2D eigenvalue weighted by Crippen LogP contribution is 2.38. The lowest BCUT2D eigenvalue weighted by atomic mass is 9.86. The number of primary amides is 1. The minimum Gasteiger partial charge on any atom is -0.365 e. The molecule has 1 amide bonds. The third kappa shape index (κ3) is 4.14. The number of carbonyl (C=O) groups excluding carboxylic acids is 1. The summed E-state index contributed by atoms with van der Waals surface area (Å²) in [6.45, 7) is -0.953. The lowest BCUT2D eigenvalue weighted by molar-refractivity contribution is -0.0504. The lowest BCUT2D eigenvalue weighted by Gasteiger charge is -2.40. The summed E-state index contributed by atoms with van der Waals surface area (Å²) >= 11 is 0. The first-order valence-corrected chi connectivity index (χ1v) is 10.8. The number of benzene rings is 1. The van der Waals surface area contributed by atoms with Crippen LogP contribution in [0.1, 0.15) is 29.6 Å². The molecule has 0 spiro atoms. The number of hydrogen-bond donors (Lipinski definition) is 2. The van der Waals surface area contributed by atoms with E-state index >= 15 is 0 Å². The molecule has 4 N–H and O–H groups in total.